The molecule has 1 aliphatic rings. The minimum absolute atomic E-state index is 0.0511. The van der Waals surface area contributed by atoms with Gasteiger partial charge >= 0.3 is 6.03 Å². The molecule has 3 rings (SSSR count). The van der Waals surface area contributed by atoms with Crippen LogP contribution in [0.1, 0.15) is 42.1 Å². The summed E-state index contributed by atoms with van der Waals surface area (Å²) in [6.45, 7) is 4.39. The van der Waals surface area contributed by atoms with Gasteiger partial charge in [-0.05, 0) is 38.2 Å². The van der Waals surface area contributed by atoms with Crippen molar-refractivity contribution in [3.63, 3.8) is 0 Å². The van der Waals surface area contributed by atoms with Crippen molar-refractivity contribution in [3.05, 3.63) is 53.6 Å². The Morgan fingerprint density at radius 1 is 1.38 bits per heavy atom. The van der Waals surface area contributed by atoms with Crippen molar-refractivity contribution in [2.24, 2.45) is 0 Å². The Bertz CT molecular complexity index is 636. The smallest absolute Gasteiger partial charge is 0.317 e. The molecule has 2 heterocycles. The van der Waals surface area contributed by atoms with Crippen LogP contribution in [0.2, 0.25) is 0 Å². The number of aromatic amines is 1. The Morgan fingerprint density at radius 3 is 2.96 bits per heavy atom. The summed E-state index contributed by atoms with van der Waals surface area (Å²) in [4.78, 5) is 21.8. The topological polar surface area (TPSA) is 61.0 Å². The number of hydrogen-bond acceptors (Lipinski definition) is 2. The Hall–Kier alpha value is -2.30. The van der Waals surface area contributed by atoms with E-state index in [0.717, 1.165) is 44.6 Å². The molecular weight excluding hydrogens is 300 g/mol. The normalized spacial score (nSPS) is 17.7. The summed E-state index contributed by atoms with van der Waals surface area (Å²) in [6, 6.07) is 8.65. The zero-order chi connectivity index (χ0) is 16.8. The number of benzene rings is 1. The number of nitrogens with one attached hydrogen (secondary N) is 2. The molecule has 0 bridgehead atoms. The number of nitrogens with zero attached hydrogens (tertiary/aromatic N) is 2. The minimum Gasteiger partial charge on any atom is -0.348 e. The molecule has 5 nitrogen and oxygen atoms in total. The number of rotatable bonds is 5. The molecule has 128 valence electrons. The van der Waals surface area contributed by atoms with E-state index >= 15 is 0 Å². The Labute approximate surface area is 143 Å². The molecule has 2 amide bonds. The first kappa shape index (κ1) is 16.6. The summed E-state index contributed by atoms with van der Waals surface area (Å²) < 4.78 is 0. The third-order valence-corrected chi connectivity index (χ3v) is 4.65. The van der Waals surface area contributed by atoms with E-state index in [1.54, 1.807) is 6.20 Å². The SMILES string of the molecule is Cc1ccc(CCCNC(=O)N2CCC[C@H](c3ncc[nH]3)C2)cc1. The summed E-state index contributed by atoms with van der Waals surface area (Å²) in [5.74, 6) is 1.32. The molecule has 0 saturated carbocycles. The van der Waals surface area contributed by atoms with Crippen molar-refractivity contribution in [1.29, 1.82) is 0 Å². The number of imidazole rings is 1. The van der Waals surface area contributed by atoms with Gasteiger partial charge in [0.25, 0.3) is 0 Å². The zero-order valence-electron chi connectivity index (χ0n) is 14.3. The van der Waals surface area contributed by atoms with Crippen LogP contribution >= 0.6 is 0 Å². The number of carbonyl (C=O) groups excluding carboxylic acids is 1. The van der Waals surface area contributed by atoms with Crippen LogP contribution in [0, 0.1) is 6.92 Å². The molecule has 0 spiro atoms. The number of piperidine rings is 1. The first-order valence-electron chi connectivity index (χ1n) is 8.80. The van der Waals surface area contributed by atoms with Crippen molar-refractivity contribution >= 4 is 6.03 Å². The average Bonchev–Trinajstić information content (AvgIpc) is 3.15. The fraction of sp³-hybridized carbons (Fsp3) is 0.474. The average molecular weight is 326 g/mol. The quantitative estimate of drug-likeness (QED) is 0.829. The maximum absolute atomic E-state index is 12.4. The number of aromatic nitrogens is 2. The highest BCUT2D eigenvalue weighted by atomic mass is 16.2. The monoisotopic (exact) mass is 326 g/mol. The maximum atomic E-state index is 12.4. The maximum Gasteiger partial charge on any atom is 0.317 e. The molecule has 0 radical (unpaired) electrons. The van der Waals surface area contributed by atoms with Crippen LogP contribution in [0.4, 0.5) is 4.79 Å². The van der Waals surface area contributed by atoms with Gasteiger partial charge in [-0.1, -0.05) is 29.8 Å². The van der Waals surface area contributed by atoms with Crippen LogP contribution in [0.15, 0.2) is 36.7 Å². The molecule has 2 N–H and O–H groups in total. The number of carbonyl (C=O) groups is 1. The van der Waals surface area contributed by atoms with E-state index in [9.17, 15) is 4.79 Å². The van der Waals surface area contributed by atoms with Gasteiger partial charge in [-0.2, -0.15) is 0 Å². The zero-order valence-corrected chi connectivity index (χ0v) is 14.3. The Kier molecular flexibility index (Phi) is 5.51. The van der Waals surface area contributed by atoms with E-state index in [1.165, 1.54) is 11.1 Å². The highest BCUT2D eigenvalue weighted by Crippen LogP contribution is 2.24. The number of aryl methyl sites for hydroxylation is 2. The first-order chi connectivity index (χ1) is 11.7. The van der Waals surface area contributed by atoms with E-state index in [0.29, 0.717) is 12.5 Å². The summed E-state index contributed by atoms with van der Waals surface area (Å²) in [7, 11) is 0. The Balaban J connectivity index is 1.40. The third kappa shape index (κ3) is 4.37. The van der Waals surface area contributed by atoms with Gasteiger partial charge in [0.05, 0.1) is 0 Å². The highest BCUT2D eigenvalue weighted by molar-refractivity contribution is 5.74. The number of urea groups is 1. The lowest BCUT2D eigenvalue weighted by molar-refractivity contribution is 0.178. The van der Waals surface area contributed by atoms with Crippen molar-refractivity contribution in [2.45, 2.75) is 38.5 Å². The molecule has 2 aromatic rings. The van der Waals surface area contributed by atoms with Gasteiger partial charge in [-0.3, -0.25) is 0 Å². The summed E-state index contributed by atoms with van der Waals surface area (Å²) >= 11 is 0. The van der Waals surface area contributed by atoms with Gasteiger partial charge in [0.15, 0.2) is 0 Å². The lowest BCUT2D eigenvalue weighted by Gasteiger charge is -2.31. The largest absolute Gasteiger partial charge is 0.348 e. The van der Waals surface area contributed by atoms with Gasteiger partial charge in [-0.15, -0.1) is 0 Å². The molecule has 5 heteroatoms. The lowest BCUT2D eigenvalue weighted by Crippen LogP contribution is -2.45. The first-order valence-corrected chi connectivity index (χ1v) is 8.80. The van der Waals surface area contributed by atoms with Crippen molar-refractivity contribution in [1.82, 2.24) is 20.2 Å². The predicted molar refractivity (Wildman–Crippen MR) is 95.0 cm³/mol. The standard InChI is InChI=1S/C19H26N4O/c1-15-6-8-16(9-7-15)4-2-10-22-19(24)23-13-3-5-17(14-23)18-20-11-12-21-18/h6-9,11-12,17H,2-5,10,13-14H2,1H3,(H,20,21)(H,22,24)/t17-/m0/s1. The number of likely N-dealkylation sites (tertiary alicyclic amines) is 1. The fourth-order valence-electron chi connectivity index (χ4n) is 3.24. The molecule has 1 saturated heterocycles. The lowest BCUT2D eigenvalue weighted by atomic mass is 9.98. The number of amides is 2. The van der Waals surface area contributed by atoms with E-state index in [1.807, 2.05) is 11.1 Å². The number of hydrogen-bond donors (Lipinski definition) is 2. The van der Waals surface area contributed by atoms with Crippen LogP contribution in [0.3, 0.4) is 0 Å². The molecular formula is C19H26N4O. The van der Waals surface area contributed by atoms with Gasteiger partial charge in [0.1, 0.15) is 5.82 Å². The second kappa shape index (κ2) is 7.99. The summed E-state index contributed by atoms with van der Waals surface area (Å²) in [5.41, 5.74) is 2.61. The van der Waals surface area contributed by atoms with Gasteiger partial charge in [0.2, 0.25) is 0 Å². The molecule has 1 aliphatic heterocycles. The fourth-order valence-corrected chi connectivity index (χ4v) is 3.24. The molecule has 1 aromatic carbocycles. The van der Waals surface area contributed by atoms with Gasteiger partial charge in [0, 0.05) is 37.9 Å². The van der Waals surface area contributed by atoms with E-state index < -0.39 is 0 Å². The Morgan fingerprint density at radius 2 is 2.21 bits per heavy atom. The second-order valence-corrected chi connectivity index (χ2v) is 6.58. The van der Waals surface area contributed by atoms with Crippen LogP contribution in [0.25, 0.3) is 0 Å². The molecule has 24 heavy (non-hydrogen) atoms. The second-order valence-electron chi connectivity index (χ2n) is 6.58. The minimum atomic E-state index is 0.0511. The molecule has 1 fully saturated rings. The van der Waals surface area contributed by atoms with Crippen molar-refractivity contribution < 1.29 is 4.79 Å². The molecule has 0 unspecified atom stereocenters. The van der Waals surface area contributed by atoms with E-state index in [4.69, 9.17) is 0 Å². The number of H-pyrrole nitrogens is 1. The molecule has 0 aliphatic carbocycles. The van der Waals surface area contributed by atoms with Crippen LogP contribution in [0.5, 0.6) is 0 Å². The molecule has 1 atom stereocenters. The van der Waals surface area contributed by atoms with Crippen LogP contribution < -0.4 is 5.32 Å². The summed E-state index contributed by atoms with van der Waals surface area (Å²) in [5, 5.41) is 3.06. The van der Waals surface area contributed by atoms with Crippen molar-refractivity contribution in [3.8, 4) is 0 Å². The highest BCUT2D eigenvalue weighted by Gasteiger charge is 2.25. The van der Waals surface area contributed by atoms with Crippen LogP contribution in [-0.4, -0.2) is 40.5 Å². The van der Waals surface area contributed by atoms with E-state index in [2.05, 4.69) is 46.5 Å². The van der Waals surface area contributed by atoms with E-state index in [-0.39, 0.29) is 6.03 Å². The van der Waals surface area contributed by atoms with Crippen LogP contribution in [-0.2, 0) is 6.42 Å². The summed E-state index contributed by atoms with van der Waals surface area (Å²) in [6.07, 6.45) is 7.70. The molecule has 1 aromatic heterocycles. The van der Waals surface area contributed by atoms with Crippen molar-refractivity contribution in [2.75, 3.05) is 19.6 Å². The van der Waals surface area contributed by atoms with Gasteiger partial charge < -0.3 is 15.2 Å². The predicted octanol–water partition coefficient (Wildman–Crippen LogP) is 3.24. The van der Waals surface area contributed by atoms with Gasteiger partial charge in [-0.25, -0.2) is 9.78 Å². The third-order valence-electron chi connectivity index (χ3n) is 4.65.